The van der Waals surface area contributed by atoms with Crippen molar-refractivity contribution in [1.82, 2.24) is 14.9 Å². The lowest BCUT2D eigenvalue weighted by Gasteiger charge is -2.32. The number of ether oxygens (including phenoxy) is 1. The third-order valence-corrected chi connectivity index (χ3v) is 6.44. The van der Waals surface area contributed by atoms with Gasteiger partial charge in [-0.3, -0.25) is 4.99 Å². The molecule has 7 nitrogen and oxygen atoms in total. The Kier molecular flexibility index (Phi) is 8.63. The van der Waals surface area contributed by atoms with Crippen molar-refractivity contribution in [3.8, 4) is 0 Å². The van der Waals surface area contributed by atoms with E-state index < -0.39 is 10.0 Å². The van der Waals surface area contributed by atoms with E-state index >= 15 is 0 Å². The van der Waals surface area contributed by atoms with Gasteiger partial charge in [-0.15, -0.1) is 0 Å². The van der Waals surface area contributed by atoms with Crippen LogP contribution in [0.5, 0.6) is 0 Å². The highest BCUT2D eigenvalue weighted by Gasteiger charge is 2.27. The monoisotopic (exact) mass is 376 g/mol. The molecule has 0 spiro atoms. The smallest absolute Gasteiger partial charge is 0.213 e. The molecular weight excluding hydrogens is 340 g/mol. The van der Waals surface area contributed by atoms with E-state index in [0.717, 1.165) is 25.3 Å². The molecule has 1 fully saturated rings. The van der Waals surface area contributed by atoms with Crippen LogP contribution in [-0.4, -0.2) is 69.9 Å². The summed E-state index contributed by atoms with van der Waals surface area (Å²) in [5.74, 6) is 0.936. The van der Waals surface area contributed by atoms with E-state index in [1.807, 2.05) is 6.92 Å². The molecule has 1 aliphatic heterocycles. The number of piperidine rings is 1. The first-order valence-electron chi connectivity index (χ1n) is 9.19. The van der Waals surface area contributed by atoms with Crippen LogP contribution in [-0.2, 0) is 14.8 Å². The molecular formula is C17H36N4O3S. The van der Waals surface area contributed by atoms with Crippen molar-refractivity contribution < 1.29 is 13.2 Å². The summed E-state index contributed by atoms with van der Waals surface area (Å²) in [5.41, 5.74) is 0.0232. The first-order valence-corrected chi connectivity index (χ1v) is 10.8. The lowest BCUT2D eigenvalue weighted by atomic mass is 9.89. The lowest BCUT2D eigenvalue weighted by Crippen LogP contribution is -2.50. The molecule has 0 bridgehead atoms. The van der Waals surface area contributed by atoms with E-state index in [4.69, 9.17) is 4.74 Å². The number of nitrogens with zero attached hydrogens (tertiary/aromatic N) is 2. The van der Waals surface area contributed by atoms with Gasteiger partial charge in [0, 0.05) is 32.8 Å². The maximum atomic E-state index is 11.9. The summed E-state index contributed by atoms with van der Waals surface area (Å²) >= 11 is 0. The highest BCUT2D eigenvalue weighted by atomic mass is 32.2. The minimum Gasteiger partial charge on any atom is -0.379 e. The fourth-order valence-electron chi connectivity index (χ4n) is 2.85. The third kappa shape index (κ3) is 7.11. The van der Waals surface area contributed by atoms with Gasteiger partial charge >= 0.3 is 0 Å². The molecule has 1 saturated heterocycles. The molecule has 1 unspecified atom stereocenters. The maximum Gasteiger partial charge on any atom is 0.213 e. The zero-order valence-corrected chi connectivity index (χ0v) is 17.4. The summed E-state index contributed by atoms with van der Waals surface area (Å²) < 4.78 is 31.0. The Morgan fingerprint density at radius 2 is 1.88 bits per heavy atom. The van der Waals surface area contributed by atoms with Crippen LogP contribution in [0.15, 0.2) is 4.99 Å². The lowest BCUT2D eigenvalue weighted by molar-refractivity contribution is 0.0241. The van der Waals surface area contributed by atoms with Crippen molar-refractivity contribution in [2.45, 2.75) is 59.6 Å². The Labute approximate surface area is 153 Å². The van der Waals surface area contributed by atoms with Crippen LogP contribution in [0, 0.1) is 5.41 Å². The third-order valence-electron chi connectivity index (χ3n) is 4.56. The Hall–Kier alpha value is -0.860. The summed E-state index contributed by atoms with van der Waals surface area (Å²) in [6.07, 6.45) is 1.62. The fraction of sp³-hybridized carbons (Fsp3) is 0.941. The standard InChI is InChI=1S/C17H36N4O3S/c1-7-18-16(19-13-15(24-6)17(3,4)5)20-14-9-11-21(12-10-14)25(22,23)8-2/h14-15H,7-13H2,1-6H3,(H2,18,19,20). The first-order chi connectivity index (χ1) is 11.6. The Morgan fingerprint density at radius 1 is 1.28 bits per heavy atom. The number of sulfonamides is 1. The molecule has 0 saturated carbocycles. The number of aliphatic imine (C=N–C) groups is 1. The second-order valence-electron chi connectivity index (χ2n) is 7.53. The van der Waals surface area contributed by atoms with Crippen molar-refractivity contribution in [1.29, 1.82) is 0 Å². The number of hydrogen-bond acceptors (Lipinski definition) is 4. The van der Waals surface area contributed by atoms with E-state index in [-0.39, 0.29) is 23.3 Å². The van der Waals surface area contributed by atoms with Crippen LogP contribution in [0.3, 0.4) is 0 Å². The van der Waals surface area contributed by atoms with Gasteiger partial charge in [0.1, 0.15) is 0 Å². The van der Waals surface area contributed by atoms with E-state index in [1.165, 1.54) is 0 Å². The average Bonchev–Trinajstić information content (AvgIpc) is 2.54. The van der Waals surface area contributed by atoms with Crippen LogP contribution in [0.25, 0.3) is 0 Å². The van der Waals surface area contributed by atoms with Crippen LogP contribution < -0.4 is 10.6 Å². The van der Waals surface area contributed by atoms with Crippen molar-refractivity contribution >= 4 is 16.0 Å². The zero-order valence-electron chi connectivity index (χ0n) is 16.6. The quantitative estimate of drug-likeness (QED) is 0.519. The van der Waals surface area contributed by atoms with Crippen LogP contribution in [0.1, 0.15) is 47.5 Å². The molecule has 1 atom stereocenters. The van der Waals surface area contributed by atoms with E-state index in [2.05, 4.69) is 36.4 Å². The molecule has 2 N–H and O–H groups in total. The van der Waals surface area contributed by atoms with E-state index in [9.17, 15) is 8.42 Å². The highest BCUT2D eigenvalue weighted by Crippen LogP contribution is 2.22. The molecule has 1 aliphatic rings. The fourth-order valence-corrected chi connectivity index (χ4v) is 3.98. The van der Waals surface area contributed by atoms with Gasteiger partial charge in [-0.25, -0.2) is 12.7 Å². The van der Waals surface area contributed by atoms with E-state index in [1.54, 1.807) is 18.3 Å². The van der Waals surface area contributed by atoms with Gasteiger partial charge in [-0.05, 0) is 32.1 Å². The van der Waals surface area contributed by atoms with Gasteiger partial charge in [0.15, 0.2) is 5.96 Å². The molecule has 0 aromatic rings. The summed E-state index contributed by atoms with van der Waals surface area (Å²) in [6.45, 7) is 12.6. The van der Waals surface area contributed by atoms with Crippen molar-refractivity contribution in [2.75, 3.05) is 39.0 Å². The van der Waals surface area contributed by atoms with Gasteiger partial charge in [0.25, 0.3) is 0 Å². The van der Waals surface area contributed by atoms with Crippen molar-refractivity contribution in [3.05, 3.63) is 0 Å². The topological polar surface area (TPSA) is 83.0 Å². The SMILES string of the molecule is CCNC(=NCC(OC)C(C)(C)C)NC1CCN(S(=O)(=O)CC)CC1. The average molecular weight is 377 g/mol. The summed E-state index contributed by atoms with van der Waals surface area (Å²) in [6, 6.07) is 0.233. The summed E-state index contributed by atoms with van der Waals surface area (Å²) in [4.78, 5) is 4.67. The summed E-state index contributed by atoms with van der Waals surface area (Å²) in [7, 11) is -1.36. The molecule has 0 aromatic heterocycles. The van der Waals surface area contributed by atoms with E-state index in [0.29, 0.717) is 19.6 Å². The summed E-state index contributed by atoms with van der Waals surface area (Å²) in [5, 5.41) is 6.70. The molecule has 25 heavy (non-hydrogen) atoms. The normalized spacial score (nSPS) is 19.7. The van der Waals surface area contributed by atoms with Gasteiger partial charge in [0.05, 0.1) is 18.4 Å². The minimum atomic E-state index is -3.08. The molecule has 0 amide bonds. The highest BCUT2D eigenvalue weighted by molar-refractivity contribution is 7.89. The maximum absolute atomic E-state index is 11.9. The Balaban J connectivity index is 2.63. The van der Waals surface area contributed by atoms with Gasteiger partial charge < -0.3 is 15.4 Å². The Bertz CT molecular complexity index is 521. The number of nitrogens with one attached hydrogen (secondary N) is 2. The molecule has 8 heteroatoms. The second-order valence-corrected chi connectivity index (χ2v) is 9.79. The predicted octanol–water partition coefficient (Wildman–Crippen LogP) is 1.42. The number of guanidine groups is 1. The van der Waals surface area contributed by atoms with Gasteiger partial charge in [0.2, 0.25) is 10.0 Å². The van der Waals surface area contributed by atoms with Crippen LogP contribution in [0.2, 0.25) is 0 Å². The first kappa shape index (κ1) is 22.2. The number of rotatable bonds is 7. The second kappa shape index (κ2) is 9.73. The molecule has 0 aliphatic carbocycles. The molecule has 1 heterocycles. The number of hydrogen-bond donors (Lipinski definition) is 2. The molecule has 1 rings (SSSR count). The molecule has 148 valence electrons. The number of methoxy groups -OCH3 is 1. The van der Waals surface area contributed by atoms with Crippen LogP contribution >= 0.6 is 0 Å². The van der Waals surface area contributed by atoms with Crippen molar-refractivity contribution in [2.24, 2.45) is 10.4 Å². The van der Waals surface area contributed by atoms with Crippen LogP contribution in [0.4, 0.5) is 0 Å². The largest absolute Gasteiger partial charge is 0.379 e. The zero-order chi connectivity index (χ0) is 19.1. The Morgan fingerprint density at radius 3 is 2.32 bits per heavy atom. The van der Waals surface area contributed by atoms with Gasteiger partial charge in [-0.1, -0.05) is 20.8 Å². The predicted molar refractivity (Wildman–Crippen MR) is 103 cm³/mol. The molecule has 0 radical (unpaired) electrons. The minimum absolute atomic E-state index is 0.0232. The van der Waals surface area contributed by atoms with Crippen molar-refractivity contribution in [3.63, 3.8) is 0 Å². The molecule has 0 aromatic carbocycles. The van der Waals surface area contributed by atoms with Gasteiger partial charge in [-0.2, -0.15) is 0 Å².